The topological polar surface area (TPSA) is 54.3 Å². The molecule has 102 valence electrons. The summed E-state index contributed by atoms with van der Waals surface area (Å²) in [5.41, 5.74) is 0.640. The Labute approximate surface area is 102 Å². The summed E-state index contributed by atoms with van der Waals surface area (Å²) in [5, 5.41) is 11.3. The molecular weight excluding hydrogens is 249 g/mol. The van der Waals surface area contributed by atoms with E-state index in [2.05, 4.69) is 0 Å². The van der Waals surface area contributed by atoms with Gasteiger partial charge < -0.3 is 15.0 Å². The van der Waals surface area contributed by atoms with E-state index >= 15 is 0 Å². The van der Waals surface area contributed by atoms with Crippen LogP contribution in [-0.2, 0) is 11.3 Å². The standard InChI is InChI=1S/C11H15F3N2O2/c1-2-9(17)8-3-4-16(5-8)6-10(18)15-7-11(12,13)14/h3-5,9,17H,2,6-7H2,1H3,(H,15,18). The molecule has 1 unspecified atom stereocenters. The molecular formula is C11H15F3N2O2. The van der Waals surface area contributed by atoms with Crippen LogP contribution in [0.1, 0.15) is 25.0 Å². The van der Waals surface area contributed by atoms with Crippen molar-refractivity contribution in [2.45, 2.75) is 32.2 Å². The van der Waals surface area contributed by atoms with Crippen LogP contribution < -0.4 is 5.32 Å². The lowest BCUT2D eigenvalue weighted by Gasteiger charge is -2.09. The normalized spacial score (nSPS) is 13.4. The van der Waals surface area contributed by atoms with Crippen molar-refractivity contribution in [2.24, 2.45) is 0 Å². The highest BCUT2D eigenvalue weighted by molar-refractivity contribution is 5.75. The minimum Gasteiger partial charge on any atom is -0.388 e. The van der Waals surface area contributed by atoms with Crippen LogP contribution in [0.3, 0.4) is 0 Å². The van der Waals surface area contributed by atoms with Crippen molar-refractivity contribution in [2.75, 3.05) is 6.54 Å². The zero-order chi connectivity index (χ0) is 13.8. The zero-order valence-electron chi connectivity index (χ0n) is 9.87. The van der Waals surface area contributed by atoms with Crippen LogP contribution in [0.4, 0.5) is 13.2 Å². The summed E-state index contributed by atoms with van der Waals surface area (Å²) in [6, 6.07) is 1.63. The average Bonchev–Trinajstić information content (AvgIpc) is 2.73. The first-order valence-electron chi connectivity index (χ1n) is 5.49. The Balaban J connectivity index is 2.47. The van der Waals surface area contributed by atoms with E-state index in [0.29, 0.717) is 12.0 Å². The Kier molecular flexibility index (Phi) is 4.77. The molecule has 2 N–H and O–H groups in total. The number of aliphatic hydroxyl groups excluding tert-OH is 1. The van der Waals surface area contributed by atoms with Crippen LogP contribution in [0, 0.1) is 0 Å². The number of nitrogens with one attached hydrogen (secondary N) is 1. The number of aromatic nitrogens is 1. The summed E-state index contributed by atoms with van der Waals surface area (Å²) < 4.78 is 37.0. The number of carbonyl (C=O) groups is 1. The number of hydrogen-bond acceptors (Lipinski definition) is 2. The fourth-order valence-electron chi connectivity index (χ4n) is 1.41. The highest BCUT2D eigenvalue weighted by atomic mass is 19.4. The van der Waals surface area contributed by atoms with Gasteiger partial charge in [0.05, 0.1) is 6.10 Å². The molecule has 0 aromatic carbocycles. The second kappa shape index (κ2) is 5.90. The van der Waals surface area contributed by atoms with Gasteiger partial charge in [0.2, 0.25) is 5.91 Å². The van der Waals surface area contributed by atoms with Crippen molar-refractivity contribution in [1.29, 1.82) is 0 Å². The van der Waals surface area contributed by atoms with E-state index < -0.39 is 24.7 Å². The molecule has 1 aromatic heterocycles. The van der Waals surface area contributed by atoms with Crippen LogP contribution in [0.15, 0.2) is 18.5 Å². The van der Waals surface area contributed by atoms with Crippen molar-refractivity contribution in [3.63, 3.8) is 0 Å². The maximum Gasteiger partial charge on any atom is 0.405 e. The van der Waals surface area contributed by atoms with E-state index in [1.54, 1.807) is 30.7 Å². The summed E-state index contributed by atoms with van der Waals surface area (Å²) in [5.74, 6) is -0.722. The smallest absolute Gasteiger partial charge is 0.388 e. The van der Waals surface area contributed by atoms with Gasteiger partial charge in [-0.05, 0) is 18.1 Å². The lowest BCUT2D eigenvalue weighted by Crippen LogP contribution is -2.35. The molecule has 0 radical (unpaired) electrons. The van der Waals surface area contributed by atoms with E-state index in [4.69, 9.17) is 0 Å². The monoisotopic (exact) mass is 264 g/mol. The third kappa shape index (κ3) is 4.79. The molecule has 1 aromatic rings. The zero-order valence-corrected chi connectivity index (χ0v) is 9.87. The molecule has 0 fully saturated rings. The number of amides is 1. The molecule has 7 heteroatoms. The van der Waals surface area contributed by atoms with Crippen molar-refractivity contribution in [1.82, 2.24) is 9.88 Å². The third-order valence-electron chi connectivity index (χ3n) is 2.36. The summed E-state index contributed by atoms with van der Waals surface area (Å²) >= 11 is 0. The molecule has 1 rings (SSSR count). The molecule has 18 heavy (non-hydrogen) atoms. The number of rotatable bonds is 5. The van der Waals surface area contributed by atoms with Crippen LogP contribution in [-0.4, -0.2) is 28.3 Å². The Hall–Kier alpha value is -1.50. The van der Waals surface area contributed by atoms with Gasteiger partial charge in [-0.3, -0.25) is 4.79 Å². The van der Waals surface area contributed by atoms with E-state index in [1.807, 2.05) is 0 Å². The maximum atomic E-state index is 11.9. The van der Waals surface area contributed by atoms with Crippen LogP contribution in [0.25, 0.3) is 0 Å². The molecule has 4 nitrogen and oxygen atoms in total. The van der Waals surface area contributed by atoms with Crippen molar-refractivity contribution in [3.05, 3.63) is 24.0 Å². The number of carbonyl (C=O) groups excluding carboxylic acids is 1. The van der Waals surface area contributed by atoms with Crippen LogP contribution >= 0.6 is 0 Å². The molecule has 0 spiro atoms. The van der Waals surface area contributed by atoms with Crippen molar-refractivity contribution >= 4 is 5.91 Å². The number of hydrogen-bond donors (Lipinski definition) is 2. The van der Waals surface area contributed by atoms with Gasteiger partial charge in [0.1, 0.15) is 13.1 Å². The highest BCUT2D eigenvalue weighted by Gasteiger charge is 2.27. The Morgan fingerprint density at radius 2 is 2.22 bits per heavy atom. The predicted molar refractivity (Wildman–Crippen MR) is 58.7 cm³/mol. The Morgan fingerprint density at radius 1 is 1.56 bits per heavy atom. The lowest BCUT2D eigenvalue weighted by atomic mass is 10.1. The third-order valence-corrected chi connectivity index (χ3v) is 2.36. The van der Waals surface area contributed by atoms with E-state index in [-0.39, 0.29) is 6.54 Å². The number of aliphatic hydroxyl groups is 1. The van der Waals surface area contributed by atoms with E-state index in [9.17, 15) is 23.1 Å². The first kappa shape index (κ1) is 14.6. The van der Waals surface area contributed by atoms with Gasteiger partial charge in [0.15, 0.2) is 0 Å². The first-order chi connectivity index (χ1) is 8.31. The Morgan fingerprint density at radius 3 is 2.78 bits per heavy atom. The molecule has 0 saturated carbocycles. The largest absolute Gasteiger partial charge is 0.405 e. The van der Waals surface area contributed by atoms with Gasteiger partial charge in [-0.15, -0.1) is 0 Å². The minimum absolute atomic E-state index is 0.202. The van der Waals surface area contributed by atoms with Crippen LogP contribution in [0.5, 0.6) is 0 Å². The highest BCUT2D eigenvalue weighted by Crippen LogP contribution is 2.16. The summed E-state index contributed by atoms with van der Waals surface area (Å²) in [6.07, 6.45) is -1.41. The summed E-state index contributed by atoms with van der Waals surface area (Å²) in [6.45, 7) is 0.266. The second-order valence-electron chi connectivity index (χ2n) is 3.93. The number of halogens is 3. The molecule has 0 aliphatic carbocycles. The average molecular weight is 264 g/mol. The van der Waals surface area contributed by atoms with Gasteiger partial charge >= 0.3 is 6.18 Å². The molecule has 0 aliphatic rings. The maximum absolute atomic E-state index is 11.9. The quantitative estimate of drug-likeness (QED) is 0.849. The minimum atomic E-state index is -4.41. The fraction of sp³-hybridized carbons (Fsp3) is 0.545. The molecule has 1 atom stereocenters. The number of alkyl halides is 3. The van der Waals surface area contributed by atoms with Gasteiger partial charge in [-0.25, -0.2) is 0 Å². The Bertz CT molecular complexity index is 401. The second-order valence-corrected chi connectivity index (χ2v) is 3.93. The summed E-state index contributed by atoms with van der Waals surface area (Å²) in [7, 11) is 0. The van der Waals surface area contributed by atoms with Crippen molar-refractivity contribution in [3.8, 4) is 0 Å². The molecule has 0 bridgehead atoms. The van der Waals surface area contributed by atoms with Gasteiger partial charge in [0.25, 0.3) is 0 Å². The fourth-order valence-corrected chi connectivity index (χ4v) is 1.41. The van der Waals surface area contributed by atoms with Gasteiger partial charge in [-0.2, -0.15) is 13.2 Å². The molecule has 0 saturated heterocycles. The number of nitrogens with zero attached hydrogens (tertiary/aromatic N) is 1. The van der Waals surface area contributed by atoms with E-state index in [0.717, 1.165) is 0 Å². The van der Waals surface area contributed by atoms with Crippen LogP contribution in [0.2, 0.25) is 0 Å². The molecule has 1 heterocycles. The molecule has 0 aliphatic heterocycles. The van der Waals surface area contributed by atoms with Gasteiger partial charge in [0, 0.05) is 12.4 Å². The van der Waals surface area contributed by atoms with Gasteiger partial charge in [-0.1, -0.05) is 6.92 Å². The summed E-state index contributed by atoms with van der Waals surface area (Å²) in [4.78, 5) is 11.2. The first-order valence-corrected chi connectivity index (χ1v) is 5.49. The SMILES string of the molecule is CCC(O)c1ccn(CC(=O)NCC(F)(F)F)c1. The lowest BCUT2D eigenvalue weighted by molar-refractivity contribution is -0.138. The molecule has 1 amide bonds. The van der Waals surface area contributed by atoms with E-state index in [1.165, 1.54) is 4.57 Å². The predicted octanol–water partition coefficient (Wildman–Crippen LogP) is 1.61. The van der Waals surface area contributed by atoms with Crippen molar-refractivity contribution < 1.29 is 23.1 Å².